The minimum atomic E-state index is -0.507. The van der Waals surface area contributed by atoms with Crippen LogP contribution in [-0.4, -0.2) is 41.1 Å². The smallest absolute Gasteiger partial charge is 0.188 e. The first-order chi connectivity index (χ1) is 8.67. The van der Waals surface area contributed by atoms with E-state index in [9.17, 15) is 0 Å². The fourth-order valence-corrected chi connectivity index (χ4v) is 4.90. The minimum absolute atomic E-state index is 0.507. The van der Waals surface area contributed by atoms with Gasteiger partial charge in [0.2, 0.25) is 0 Å². The maximum Gasteiger partial charge on any atom is 0.188 e. The third kappa shape index (κ3) is 3.90. The predicted molar refractivity (Wildman–Crippen MR) is 80.7 cm³/mol. The van der Waals surface area contributed by atoms with Gasteiger partial charge < -0.3 is 4.52 Å². The van der Waals surface area contributed by atoms with Crippen LogP contribution in [0.15, 0.2) is 0 Å². The summed E-state index contributed by atoms with van der Waals surface area (Å²) < 4.78 is 11.3. The van der Waals surface area contributed by atoms with Crippen LogP contribution in [0.4, 0.5) is 0 Å². The van der Waals surface area contributed by atoms with Gasteiger partial charge in [0.15, 0.2) is 8.45 Å². The van der Waals surface area contributed by atoms with Gasteiger partial charge in [-0.2, -0.15) is 0 Å². The summed E-state index contributed by atoms with van der Waals surface area (Å²) in [6.07, 6.45) is 5.10. The molecule has 0 bridgehead atoms. The van der Waals surface area contributed by atoms with Gasteiger partial charge in [-0.1, -0.05) is 26.7 Å². The second-order valence-corrected chi connectivity index (χ2v) is 6.98. The van der Waals surface area contributed by atoms with Crippen molar-refractivity contribution in [3.63, 3.8) is 0 Å². The summed E-state index contributed by atoms with van der Waals surface area (Å²) in [6.45, 7) is 14.6. The lowest BCUT2D eigenvalue weighted by Gasteiger charge is -2.29. The molecule has 0 aliphatic carbocycles. The summed E-state index contributed by atoms with van der Waals surface area (Å²) in [5, 5.41) is 0. The lowest BCUT2D eigenvalue weighted by molar-refractivity contribution is 0.291. The molecule has 3 nitrogen and oxygen atoms in total. The Morgan fingerprint density at radius 3 is 1.67 bits per heavy atom. The van der Waals surface area contributed by atoms with Crippen molar-refractivity contribution in [1.29, 1.82) is 0 Å². The molecule has 0 aromatic carbocycles. The van der Waals surface area contributed by atoms with Gasteiger partial charge in [-0.25, -0.2) is 9.34 Å². The highest BCUT2D eigenvalue weighted by Gasteiger charge is 2.43. The van der Waals surface area contributed by atoms with Gasteiger partial charge in [0.25, 0.3) is 0 Å². The quantitative estimate of drug-likeness (QED) is 0.616. The van der Waals surface area contributed by atoms with E-state index in [1.54, 1.807) is 0 Å². The lowest BCUT2D eigenvalue weighted by atomic mass is 10.1. The molecule has 1 heterocycles. The second-order valence-electron chi connectivity index (χ2n) is 5.18. The fourth-order valence-electron chi connectivity index (χ4n) is 2.44. The van der Waals surface area contributed by atoms with Crippen LogP contribution in [0.3, 0.4) is 0 Å². The third-order valence-electron chi connectivity index (χ3n) is 3.80. The van der Waals surface area contributed by atoms with Gasteiger partial charge in [-0.15, -0.1) is 0 Å². The van der Waals surface area contributed by atoms with Crippen LogP contribution >= 0.6 is 8.45 Å². The first-order valence-corrected chi connectivity index (χ1v) is 8.79. The molecule has 18 heavy (non-hydrogen) atoms. The summed E-state index contributed by atoms with van der Waals surface area (Å²) >= 11 is 0. The Bertz CT molecular complexity index is 208. The van der Waals surface area contributed by atoms with Crippen LogP contribution in [0.25, 0.3) is 0 Å². The van der Waals surface area contributed by atoms with E-state index in [0.717, 1.165) is 6.61 Å². The van der Waals surface area contributed by atoms with Gasteiger partial charge in [-0.3, -0.25) is 0 Å². The maximum absolute atomic E-state index is 6.08. The molecule has 0 radical (unpaired) electrons. The second kappa shape index (κ2) is 8.47. The molecule has 108 valence electrons. The minimum Gasteiger partial charge on any atom is -0.332 e. The van der Waals surface area contributed by atoms with Crippen LogP contribution in [0.5, 0.6) is 0 Å². The molecule has 0 saturated carbocycles. The van der Waals surface area contributed by atoms with Crippen LogP contribution in [0.2, 0.25) is 0 Å². The Labute approximate surface area is 115 Å². The molecule has 0 N–H and O–H groups in total. The van der Waals surface area contributed by atoms with E-state index in [0.29, 0.717) is 12.1 Å². The summed E-state index contributed by atoms with van der Waals surface area (Å²) in [7, 11) is -0.507. The number of hydrogen-bond acceptors (Lipinski definition) is 3. The summed E-state index contributed by atoms with van der Waals surface area (Å²) in [5.41, 5.74) is 0. The van der Waals surface area contributed by atoms with Crippen molar-refractivity contribution in [2.75, 3.05) is 19.7 Å². The van der Waals surface area contributed by atoms with Crippen LogP contribution in [0, 0.1) is 0 Å². The Balaban J connectivity index is 2.69. The van der Waals surface area contributed by atoms with Gasteiger partial charge >= 0.3 is 0 Å². The molecular formula is C14H31N2OP. The van der Waals surface area contributed by atoms with Gasteiger partial charge in [0, 0.05) is 25.2 Å². The molecule has 1 rings (SSSR count). The third-order valence-corrected chi connectivity index (χ3v) is 6.30. The van der Waals surface area contributed by atoms with E-state index >= 15 is 0 Å². The van der Waals surface area contributed by atoms with Crippen molar-refractivity contribution in [3.05, 3.63) is 0 Å². The Morgan fingerprint density at radius 1 is 0.889 bits per heavy atom. The zero-order chi connectivity index (χ0) is 13.5. The first-order valence-electron chi connectivity index (χ1n) is 7.63. The Morgan fingerprint density at radius 2 is 1.33 bits per heavy atom. The molecule has 1 aliphatic rings. The Kier molecular flexibility index (Phi) is 7.70. The zero-order valence-corrected chi connectivity index (χ0v) is 13.7. The van der Waals surface area contributed by atoms with Crippen LogP contribution in [0.1, 0.15) is 60.3 Å². The number of rotatable bonds is 8. The summed E-state index contributed by atoms with van der Waals surface area (Å²) in [6, 6.07) is 1.26. The normalized spacial score (nSPS) is 30.2. The summed E-state index contributed by atoms with van der Waals surface area (Å²) in [4.78, 5) is 0. The first kappa shape index (κ1) is 16.4. The molecule has 2 unspecified atom stereocenters. The molecule has 0 amide bonds. The molecule has 1 saturated heterocycles. The molecule has 1 fully saturated rings. The van der Waals surface area contributed by atoms with Crippen LogP contribution in [-0.2, 0) is 4.52 Å². The standard InChI is InChI=1S/C14H31N2OP/c1-6-9-11-15-13(4)14(5)16(12-10-7-2)18(15)17-8-3/h13-14H,6-12H2,1-5H3. The van der Waals surface area contributed by atoms with Gasteiger partial charge in [0.05, 0.1) is 6.61 Å². The van der Waals surface area contributed by atoms with Crippen molar-refractivity contribution >= 4 is 8.45 Å². The molecule has 1 aliphatic heterocycles. The molecular weight excluding hydrogens is 243 g/mol. The van der Waals surface area contributed by atoms with Crippen molar-refractivity contribution < 1.29 is 4.52 Å². The molecule has 0 aromatic rings. The van der Waals surface area contributed by atoms with Crippen molar-refractivity contribution in [2.24, 2.45) is 0 Å². The Hall–Kier alpha value is 0.310. The van der Waals surface area contributed by atoms with Crippen molar-refractivity contribution in [1.82, 2.24) is 9.34 Å². The van der Waals surface area contributed by atoms with Crippen molar-refractivity contribution in [2.45, 2.75) is 72.4 Å². The maximum atomic E-state index is 6.08. The summed E-state index contributed by atoms with van der Waals surface area (Å²) in [5.74, 6) is 0. The highest BCUT2D eigenvalue weighted by molar-refractivity contribution is 7.47. The molecule has 0 aromatic heterocycles. The number of nitrogens with zero attached hydrogens (tertiary/aromatic N) is 2. The van der Waals surface area contributed by atoms with Crippen LogP contribution < -0.4 is 0 Å². The largest absolute Gasteiger partial charge is 0.332 e. The van der Waals surface area contributed by atoms with Gasteiger partial charge in [0.1, 0.15) is 0 Å². The number of hydrogen-bond donors (Lipinski definition) is 0. The average molecular weight is 274 g/mol. The lowest BCUT2D eigenvalue weighted by Crippen LogP contribution is -2.33. The van der Waals surface area contributed by atoms with E-state index in [-0.39, 0.29) is 0 Å². The molecule has 4 heteroatoms. The van der Waals surface area contributed by atoms with E-state index < -0.39 is 8.45 Å². The van der Waals surface area contributed by atoms with Crippen molar-refractivity contribution in [3.8, 4) is 0 Å². The monoisotopic (exact) mass is 274 g/mol. The van der Waals surface area contributed by atoms with E-state index in [1.165, 1.54) is 38.8 Å². The predicted octanol–water partition coefficient (Wildman–Crippen LogP) is 4.24. The highest BCUT2D eigenvalue weighted by Crippen LogP contribution is 2.54. The SMILES string of the molecule is CCCCN1C(C)C(C)N(CCCC)P1OCC. The zero-order valence-electron chi connectivity index (χ0n) is 12.9. The fraction of sp³-hybridized carbons (Fsp3) is 1.00. The van der Waals surface area contributed by atoms with E-state index in [2.05, 4.69) is 44.0 Å². The van der Waals surface area contributed by atoms with E-state index in [4.69, 9.17) is 4.52 Å². The average Bonchev–Trinajstić information content (AvgIpc) is 2.58. The molecule has 0 spiro atoms. The van der Waals surface area contributed by atoms with Gasteiger partial charge in [-0.05, 0) is 33.6 Å². The molecule has 2 atom stereocenters. The topological polar surface area (TPSA) is 15.7 Å². The van der Waals surface area contributed by atoms with E-state index in [1.807, 2.05) is 0 Å². The highest BCUT2D eigenvalue weighted by atomic mass is 31.2. The number of unbranched alkanes of at least 4 members (excludes halogenated alkanes) is 2.